The average molecular weight is 684 g/mol. The van der Waals surface area contributed by atoms with Crippen molar-refractivity contribution < 1.29 is 9.47 Å². The highest BCUT2D eigenvalue weighted by molar-refractivity contribution is 5.88. The van der Waals surface area contributed by atoms with Crippen LogP contribution in [-0.2, 0) is 5.41 Å². The summed E-state index contributed by atoms with van der Waals surface area (Å²) >= 11 is 0. The summed E-state index contributed by atoms with van der Waals surface area (Å²) in [7, 11) is 0. The van der Waals surface area contributed by atoms with E-state index in [4.69, 9.17) is 24.4 Å². The van der Waals surface area contributed by atoms with E-state index in [1.807, 2.05) is 36.4 Å². The molecule has 0 spiro atoms. The molecule has 0 saturated heterocycles. The maximum absolute atomic E-state index is 6.66. The highest BCUT2D eigenvalue weighted by Gasteiger charge is 2.39. The van der Waals surface area contributed by atoms with Crippen molar-refractivity contribution in [1.82, 2.24) is 15.0 Å². The van der Waals surface area contributed by atoms with Gasteiger partial charge in [0.25, 0.3) is 0 Å². The predicted molar refractivity (Wildman–Crippen MR) is 211 cm³/mol. The Balaban J connectivity index is 1.04. The number of rotatable bonds is 5. The molecule has 0 N–H and O–H groups in total. The van der Waals surface area contributed by atoms with Crippen molar-refractivity contribution in [3.8, 4) is 90.5 Å². The van der Waals surface area contributed by atoms with Crippen molar-refractivity contribution in [2.24, 2.45) is 0 Å². The Kier molecular flexibility index (Phi) is 7.08. The molecule has 0 atom stereocenters. The van der Waals surface area contributed by atoms with Crippen LogP contribution in [0.15, 0.2) is 164 Å². The number of nitrogens with zero attached hydrogens (tertiary/aromatic N) is 3. The summed E-state index contributed by atoms with van der Waals surface area (Å²) < 4.78 is 13.3. The van der Waals surface area contributed by atoms with E-state index in [1.54, 1.807) is 0 Å². The van der Waals surface area contributed by atoms with Gasteiger partial charge in [-0.2, -0.15) is 0 Å². The van der Waals surface area contributed by atoms with Crippen molar-refractivity contribution >= 4 is 0 Å². The average Bonchev–Trinajstić information content (AvgIpc) is 3.46. The number of fused-ring (bicyclic) bond motifs is 6. The standard InChI is InChI=1S/C48H33N3O2/c1-48(2)38-16-10-9-15-37(38)43-39(48)26-28-41-44(43)53-40-27-25-36(29-42(40)52-41)47-50-45(34-21-17-32(18-22-34)30-11-5-3-6-12-30)49-46(51-47)35-23-19-33(20-24-35)31-13-7-4-8-14-31/h3-29H,1-2H3. The molecule has 0 amide bonds. The van der Waals surface area contributed by atoms with Gasteiger partial charge in [-0.1, -0.05) is 153 Å². The van der Waals surface area contributed by atoms with E-state index in [1.165, 1.54) is 16.7 Å². The van der Waals surface area contributed by atoms with Gasteiger partial charge in [0.1, 0.15) is 0 Å². The van der Waals surface area contributed by atoms with Crippen molar-refractivity contribution in [1.29, 1.82) is 0 Å². The van der Waals surface area contributed by atoms with Crippen LogP contribution in [0.25, 0.3) is 67.5 Å². The molecule has 7 aromatic carbocycles. The third kappa shape index (κ3) is 5.28. The molecule has 1 aromatic heterocycles. The SMILES string of the molecule is CC1(C)c2ccccc2-c2c1ccc1c2Oc2ccc(-c3nc(-c4ccc(-c5ccccc5)cc4)nc(-c4ccc(-c5ccccc5)cc4)n3)cc2O1. The molecular weight excluding hydrogens is 651 g/mol. The highest BCUT2D eigenvalue weighted by atomic mass is 16.6. The summed E-state index contributed by atoms with van der Waals surface area (Å²) in [4.78, 5) is 15.1. The summed E-state index contributed by atoms with van der Waals surface area (Å²) in [5, 5.41) is 0. The molecule has 5 heteroatoms. The molecule has 2 heterocycles. The lowest BCUT2D eigenvalue weighted by Gasteiger charge is -2.25. The largest absolute Gasteiger partial charge is 0.449 e. The summed E-state index contributed by atoms with van der Waals surface area (Å²) in [5.41, 5.74) is 11.9. The Morgan fingerprint density at radius 3 is 1.45 bits per heavy atom. The number of benzene rings is 7. The summed E-state index contributed by atoms with van der Waals surface area (Å²) in [5.74, 6) is 4.44. The van der Waals surface area contributed by atoms with Crippen LogP contribution in [0.1, 0.15) is 25.0 Å². The van der Waals surface area contributed by atoms with Crippen LogP contribution >= 0.6 is 0 Å². The Morgan fingerprint density at radius 1 is 0.377 bits per heavy atom. The normalized spacial score (nSPS) is 13.2. The summed E-state index contributed by atoms with van der Waals surface area (Å²) in [6, 6.07) is 56.1. The van der Waals surface area contributed by atoms with Gasteiger partial charge in [-0.3, -0.25) is 0 Å². The monoisotopic (exact) mass is 683 g/mol. The first-order valence-corrected chi connectivity index (χ1v) is 17.8. The summed E-state index contributed by atoms with van der Waals surface area (Å²) in [6.07, 6.45) is 0. The lowest BCUT2D eigenvalue weighted by Crippen LogP contribution is -2.15. The molecule has 0 saturated carbocycles. The minimum atomic E-state index is -0.133. The Morgan fingerprint density at radius 2 is 0.849 bits per heavy atom. The third-order valence-electron chi connectivity index (χ3n) is 10.4. The van der Waals surface area contributed by atoms with Crippen molar-refractivity contribution in [2.45, 2.75) is 19.3 Å². The van der Waals surface area contributed by atoms with Gasteiger partial charge in [-0.25, -0.2) is 15.0 Å². The minimum absolute atomic E-state index is 0.133. The van der Waals surface area contributed by atoms with Gasteiger partial charge in [0.2, 0.25) is 0 Å². The fraction of sp³-hybridized carbons (Fsp3) is 0.0625. The van der Waals surface area contributed by atoms with Gasteiger partial charge < -0.3 is 9.47 Å². The molecule has 1 aliphatic carbocycles. The van der Waals surface area contributed by atoms with Crippen molar-refractivity contribution in [3.05, 3.63) is 175 Å². The molecular formula is C48H33N3O2. The fourth-order valence-electron chi connectivity index (χ4n) is 7.61. The topological polar surface area (TPSA) is 57.1 Å². The van der Waals surface area contributed by atoms with Crippen LogP contribution in [0.2, 0.25) is 0 Å². The second-order valence-electron chi connectivity index (χ2n) is 14.0. The molecule has 53 heavy (non-hydrogen) atoms. The van der Waals surface area contributed by atoms with Crippen molar-refractivity contribution in [2.75, 3.05) is 0 Å². The van der Waals surface area contributed by atoms with E-state index in [0.717, 1.165) is 50.3 Å². The Labute approximate surface area is 308 Å². The second-order valence-corrected chi connectivity index (χ2v) is 14.0. The first-order valence-electron chi connectivity index (χ1n) is 17.8. The zero-order valence-electron chi connectivity index (χ0n) is 29.2. The van der Waals surface area contributed by atoms with Crippen LogP contribution < -0.4 is 9.47 Å². The van der Waals surface area contributed by atoms with Crippen LogP contribution in [0, 0.1) is 0 Å². The first-order chi connectivity index (χ1) is 26.0. The molecule has 0 radical (unpaired) electrons. The van der Waals surface area contributed by atoms with Crippen LogP contribution in [0.4, 0.5) is 0 Å². The Hall–Kier alpha value is -6.85. The molecule has 1 aliphatic heterocycles. The van der Waals surface area contributed by atoms with Gasteiger partial charge in [-0.05, 0) is 63.2 Å². The summed E-state index contributed by atoms with van der Waals surface area (Å²) in [6.45, 7) is 4.53. The molecule has 10 rings (SSSR count). The molecule has 0 bridgehead atoms. The lowest BCUT2D eigenvalue weighted by molar-refractivity contribution is 0.360. The first kappa shape index (κ1) is 30.9. The van der Waals surface area contributed by atoms with Gasteiger partial charge in [0, 0.05) is 27.7 Å². The molecule has 0 unspecified atom stereocenters. The van der Waals surface area contributed by atoms with E-state index < -0.39 is 0 Å². The van der Waals surface area contributed by atoms with E-state index in [0.29, 0.717) is 34.7 Å². The molecule has 5 nitrogen and oxygen atoms in total. The number of hydrogen-bond acceptors (Lipinski definition) is 5. The second kappa shape index (κ2) is 12.1. The van der Waals surface area contributed by atoms with Crippen LogP contribution in [0.5, 0.6) is 23.0 Å². The zero-order valence-corrected chi connectivity index (χ0v) is 29.2. The van der Waals surface area contributed by atoms with E-state index in [-0.39, 0.29) is 5.41 Å². The zero-order chi connectivity index (χ0) is 35.5. The van der Waals surface area contributed by atoms with Gasteiger partial charge in [-0.15, -0.1) is 0 Å². The molecule has 0 fully saturated rings. The number of aromatic nitrogens is 3. The van der Waals surface area contributed by atoms with E-state index in [2.05, 4.69) is 141 Å². The maximum Gasteiger partial charge on any atom is 0.178 e. The van der Waals surface area contributed by atoms with Crippen LogP contribution in [0.3, 0.4) is 0 Å². The van der Waals surface area contributed by atoms with E-state index in [9.17, 15) is 0 Å². The van der Waals surface area contributed by atoms with Crippen molar-refractivity contribution in [3.63, 3.8) is 0 Å². The lowest BCUT2D eigenvalue weighted by atomic mass is 9.82. The van der Waals surface area contributed by atoms with Gasteiger partial charge in [0.05, 0.1) is 0 Å². The number of hydrogen-bond donors (Lipinski definition) is 0. The quantitative estimate of drug-likeness (QED) is 0.181. The van der Waals surface area contributed by atoms with Gasteiger partial charge in [0.15, 0.2) is 40.5 Å². The van der Waals surface area contributed by atoms with Crippen LogP contribution in [-0.4, -0.2) is 15.0 Å². The van der Waals surface area contributed by atoms with E-state index >= 15 is 0 Å². The molecule has 2 aliphatic rings. The Bertz CT molecular complexity index is 2570. The predicted octanol–water partition coefficient (Wildman–Crippen LogP) is 12.4. The minimum Gasteiger partial charge on any atom is -0.449 e. The molecule has 252 valence electrons. The maximum atomic E-state index is 6.66. The highest BCUT2D eigenvalue weighted by Crippen LogP contribution is 2.58. The van der Waals surface area contributed by atoms with Gasteiger partial charge >= 0.3 is 0 Å². The molecule has 8 aromatic rings. The number of ether oxygens (including phenoxy) is 2. The smallest absolute Gasteiger partial charge is 0.178 e. The fourth-order valence-corrected chi connectivity index (χ4v) is 7.61. The third-order valence-corrected chi connectivity index (χ3v) is 10.4.